The highest BCUT2D eigenvalue weighted by Gasteiger charge is 2.29. The second-order valence-corrected chi connectivity index (χ2v) is 6.49. The molecule has 0 bridgehead atoms. The summed E-state index contributed by atoms with van der Waals surface area (Å²) in [6.45, 7) is 1.53. The van der Waals surface area contributed by atoms with Gasteiger partial charge in [-0.05, 0) is 55.5 Å². The monoisotopic (exact) mass is 345 g/mol. The van der Waals surface area contributed by atoms with Crippen LogP contribution >= 0.6 is 0 Å². The van der Waals surface area contributed by atoms with E-state index < -0.39 is 0 Å². The highest BCUT2D eigenvalue weighted by molar-refractivity contribution is 6.47. The predicted molar refractivity (Wildman–Crippen MR) is 105 cm³/mol. The Morgan fingerprint density at radius 3 is 2.35 bits per heavy atom. The number of likely N-dealkylation sites (N-methyl/N-ethyl adjacent to an activating group) is 1. The number of nitrogens with two attached hydrogens (primary N) is 1. The maximum atomic E-state index is 12.5. The average molecular weight is 345 g/mol. The van der Waals surface area contributed by atoms with Gasteiger partial charge in [-0.2, -0.15) is 0 Å². The zero-order chi connectivity index (χ0) is 18.8. The quantitative estimate of drug-likeness (QED) is 0.376. The molecule has 6 heteroatoms. The van der Waals surface area contributed by atoms with Crippen LogP contribution in [0, 0.1) is 0 Å². The van der Waals surface area contributed by atoms with Gasteiger partial charge in [-0.3, -0.25) is 9.59 Å². The lowest BCUT2D eigenvalue weighted by molar-refractivity contribution is -0.114. The standard InChI is InChI=1S/C20H20BN3O2/c1-11(25)15-10-18(22)17(9-16(15)12-3-4-12)19(20(26)23-2)24-14-7-5-13(21)6-8-14/h5-10,12H,3-4,22H2,1-2H3,(H,23,26). The molecule has 3 rings (SSSR count). The number of carbonyl (C=O) groups excluding carboxylic acids is 2. The van der Waals surface area contributed by atoms with Crippen molar-refractivity contribution in [1.29, 1.82) is 0 Å². The maximum absolute atomic E-state index is 12.5. The smallest absolute Gasteiger partial charge is 0.270 e. The molecule has 1 saturated carbocycles. The first kappa shape index (κ1) is 17.9. The number of anilines is 1. The topological polar surface area (TPSA) is 84.5 Å². The number of nitrogens with zero attached hydrogens (tertiary/aromatic N) is 1. The number of Topliss-reactive ketones (excluding diaryl/α,β-unsaturated/α-hetero) is 1. The Bertz CT molecular complexity index is 900. The van der Waals surface area contributed by atoms with Gasteiger partial charge in [-0.15, -0.1) is 0 Å². The molecule has 1 aliphatic carbocycles. The van der Waals surface area contributed by atoms with Crippen molar-refractivity contribution in [3.05, 3.63) is 53.1 Å². The zero-order valence-electron chi connectivity index (χ0n) is 14.9. The molecule has 2 radical (unpaired) electrons. The van der Waals surface area contributed by atoms with E-state index in [1.807, 2.05) is 6.07 Å². The number of rotatable bonds is 5. The lowest BCUT2D eigenvalue weighted by Gasteiger charge is -2.14. The van der Waals surface area contributed by atoms with Crippen LogP contribution < -0.4 is 16.5 Å². The first-order chi connectivity index (χ1) is 12.4. The number of hydrogen-bond donors (Lipinski definition) is 2. The number of amides is 1. The van der Waals surface area contributed by atoms with Gasteiger partial charge < -0.3 is 11.1 Å². The molecular weight excluding hydrogens is 325 g/mol. The predicted octanol–water partition coefficient (Wildman–Crippen LogP) is 2.01. The molecule has 3 N–H and O–H groups in total. The van der Waals surface area contributed by atoms with Gasteiger partial charge in [0.05, 0.1) is 5.69 Å². The van der Waals surface area contributed by atoms with Crippen LogP contribution in [-0.4, -0.2) is 32.3 Å². The van der Waals surface area contributed by atoms with Crippen molar-refractivity contribution in [2.24, 2.45) is 4.99 Å². The van der Waals surface area contributed by atoms with Crippen molar-refractivity contribution in [3.8, 4) is 0 Å². The first-order valence-corrected chi connectivity index (χ1v) is 8.51. The van der Waals surface area contributed by atoms with E-state index in [1.54, 1.807) is 37.4 Å². The van der Waals surface area contributed by atoms with Gasteiger partial charge in [0.2, 0.25) is 0 Å². The molecular formula is C20H20BN3O2. The number of ketones is 1. The molecule has 2 aromatic rings. The average Bonchev–Trinajstić information content (AvgIpc) is 3.45. The van der Waals surface area contributed by atoms with E-state index in [1.165, 1.54) is 6.92 Å². The highest BCUT2D eigenvalue weighted by atomic mass is 16.1. The largest absolute Gasteiger partial charge is 0.398 e. The normalized spacial score (nSPS) is 14.2. The summed E-state index contributed by atoms with van der Waals surface area (Å²) < 4.78 is 0. The fraction of sp³-hybridized carbons (Fsp3) is 0.250. The summed E-state index contributed by atoms with van der Waals surface area (Å²) >= 11 is 0. The molecule has 26 heavy (non-hydrogen) atoms. The molecule has 5 nitrogen and oxygen atoms in total. The van der Waals surface area contributed by atoms with Crippen LogP contribution in [0.4, 0.5) is 11.4 Å². The molecule has 0 saturated heterocycles. The SMILES string of the molecule is [B]c1ccc(N=C(C(=O)NC)c2cc(C3CC3)c(C(C)=O)cc2N)cc1. The minimum atomic E-state index is -0.342. The number of nitrogen functional groups attached to an aromatic ring is 1. The van der Waals surface area contributed by atoms with Crippen LogP contribution in [0.3, 0.4) is 0 Å². The third kappa shape index (κ3) is 3.69. The van der Waals surface area contributed by atoms with Crippen molar-refractivity contribution in [2.45, 2.75) is 25.7 Å². The van der Waals surface area contributed by atoms with Gasteiger partial charge in [0.15, 0.2) is 5.78 Å². The van der Waals surface area contributed by atoms with Crippen molar-refractivity contribution in [2.75, 3.05) is 12.8 Å². The molecule has 0 heterocycles. The molecule has 0 aromatic heterocycles. The van der Waals surface area contributed by atoms with Crippen molar-refractivity contribution >= 4 is 42.1 Å². The molecule has 0 atom stereocenters. The second kappa shape index (κ2) is 7.16. The number of aliphatic imine (C=N–C) groups is 1. The summed E-state index contributed by atoms with van der Waals surface area (Å²) in [5.41, 5.74) is 10.1. The molecule has 1 amide bonds. The number of hydrogen-bond acceptors (Lipinski definition) is 4. The van der Waals surface area contributed by atoms with Crippen molar-refractivity contribution < 1.29 is 9.59 Å². The number of carbonyl (C=O) groups is 2. The van der Waals surface area contributed by atoms with Crippen LogP contribution in [-0.2, 0) is 4.79 Å². The summed E-state index contributed by atoms with van der Waals surface area (Å²) in [5.74, 6) is -0.0244. The second-order valence-electron chi connectivity index (χ2n) is 6.49. The summed E-state index contributed by atoms with van der Waals surface area (Å²) in [5, 5.41) is 2.61. The third-order valence-corrected chi connectivity index (χ3v) is 4.45. The Balaban J connectivity index is 2.15. The number of nitrogens with one attached hydrogen (secondary N) is 1. The minimum Gasteiger partial charge on any atom is -0.398 e. The first-order valence-electron chi connectivity index (χ1n) is 8.51. The molecule has 0 spiro atoms. The van der Waals surface area contributed by atoms with Crippen LogP contribution in [0.1, 0.15) is 47.2 Å². The van der Waals surface area contributed by atoms with Crippen LogP contribution in [0.5, 0.6) is 0 Å². The fourth-order valence-corrected chi connectivity index (χ4v) is 2.90. The Morgan fingerprint density at radius 2 is 1.81 bits per heavy atom. The van der Waals surface area contributed by atoms with E-state index in [4.69, 9.17) is 13.6 Å². The fourth-order valence-electron chi connectivity index (χ4n) is 2.90. The Hall–Kier alpha value is -2.89. The van der Waals surface area contributed by atoms with Gasteiger partial charge in [0.1, 0.15) is 13.6 Å². The lowest BCUT2D eigenvalue weighted by Crippen LogP contribution is -2.29. The number of benzene rings is 2. The Kier molecular flexibility index (Phi) is 4.93. The molecule has 1 fully saturated rings. The van der Waals surface area contributed by atoms with Gasteiger partial charge in [0.25, 0.3) is 5.91 Å². The Labute approximate surface area is 154 Å². The van der Waals surface area contributed by atoms with Crippen LogP contribution in [0.25, 0.3) is 0 Å². The molecule has 1 aliphatic rings. The minimum absolute atomic E-state index is 0.0258. The van der Waals surface area contributed by atoms with E-state index in [0.29, 0.717) is 33.9 Å². The van der Waals surface area contributed by atoms with Crippen LogP contribution in [0.2, 0.25) is 0 Å². The zero-order valence-corrected chi connectivity index (χ0v) is 14.9. The maximum Gasteiger partial charge on any atom is 0.270 e. The van der Waals surface area contributed by atoms with Gasteiger partial charge in [0, 0.05) is 23.9 Å². The molecule has 2 aromatic carbocycles. The van der Waals surface area contributed by atoms with E-state index in [9.17, 15) is 9.59 Å². The summed E-state index contributed by atoms with van der Waals surface area (Å²) in [7, 11) is 7.25. The van der Waals surface area contributed by atoms with Crippen molar-refractivity contribution in [3.63, 3.8) is 0 Å². The lowest BCUT2D eigenvalue weighted by atomic mass is 9.94. The highest BCUT2D eigenvalue weighted by Crippen LogP contribution is 2.43. The van der Waals surface area contributed by atoms with E-state index in [2.05, 4.69) is 10.3 Å². The van der Waals surface area contributed by atoms with Crippen molar-refractivity contribution in [1.82, 2.24) is 5.32 Å². The van der Waals surface area contributed by atoms with E-state index >= 15 is 0 Å². The Morgan fingerprint density at radius 1 is 1.15 bits per heavy atom. The van der Waals surface area contributed by atoms with Gasteiger partial charge in [-0.25, -0.2) is 4.99 Å². The molecule has 130 valence electrons. The van der Waals surface area contributed by atoms with Gasteiger partial charge >= 0.3 is 0 Å². The summed E-state index contributed by atoms with van der Waals surface area (Å²) in [6, 6.07) is 10.4. The summed E-state index contributed by atoms with van der Waals surface area (Å²) in [4.78, 5) is 28.9. The van der Waals surface area contributed by atoms with Gasteiger partial charge in [-0.1, -0.05) is 17.6 Å². The van der Waals surface area contributed by atoms with Crippen LogP contribution in [0.15, 0.2) is 41.4 Å². The van der Waals surface area contributed by atoms with E-state index in [-0.39, 0.29) is 17.4 Å². The molecule has 0 unspecified atom stereocenters. The van der Waals surface area contributed by atoms with E-state index in [0.717, 1.165) is 18.4 Å². The molecule has 0 aliphatic heterocycles. The summed E-state index contributed by atoms with van der Waals surface area (Å²) in [6.07, 6.45) is 2.07. The third-order valence-electron chi connectivity index (χ3n) is 4.45.